The van der Waals surface area contributed by atoms with Crippen LogP contribution < -0.4 is 10.6 Å². The molecule has 2 N–H and O–H groups in total. The highest BCUT2D eigenvalue weighted by Crippen LogP contribution is 2.25. The Balaban J connectivity index is 1.77. The molecule has 9 nitrogen and oxygen atoms in total. The van der Waals surface area contributed by atoms with Gasteiger partial charge in [0.15, 0.2) is 0 Å². The molecule has 148 valence electrons. The van der Waals surface area contributed by atoms with E-state index < -0.39 is 16.9 Å². The molecule has 2 aromatic carbocycles. The number of anilines is 1. The lowest BCUT2D eigenvalue weighted by atomic mass is 10.1. The van der Waals surface area contributed by atoms with Gasteiger partial charge >= 0.3 is 6.03 Å². The number of aliphatic imine (C=N–C) groups is 1. The third kappa shape index (κ3) is 4.71. The van der Waals surface area contributed by atoms with Gasteiger partial charge in [-0.1, -0.05) is 23.2 Å². The molecule has 2 aromatic rings. The minimum absolute atomic E-state index is 0.0192. The second-order valence-electron chi connectivity index (χ2n) is 5.88. The van der Waals surface area contributed by atoms with Crippen molar-refractivity contribution >= 4 is 58.6 Å². The van der Waals surface area contributed by atoms with Crippen LogP contribution in [0.25, 0.3) is 6.08 Å². The highest BCUT2D eigenvalue weighted by Gasteiger charge is 2.29. The average Bonchev–Trinajstić information content (AvgIpc) is 2.92. The van der Waals surface area contributed by atoms with Gasteiger partial charge in [-0.3, -0.25) is 20.2 Å². The number of carbonyl (C=O) groups excluding carboxylic acids is 2. The molecule has 1 fully saturated rings. The first-order valence-electron chi connectivity index (χ1n) is 8.10. The van der Waals surface area contributed by atoms with Crippen molar-refractivity contribution in [3.8, 4) is 0 Å². The zero-order valence-corrected chi connectivity index (χ0v) is 16.4. The highest BCUT2D eigenvalue weighted by atomic mass is 35.5. The Hall–Kier alpha value is -3.43. The van der Waals surface area contributed by atoms with Crippen molar-refractivity contribution in [1.29, 1.82) is 0 Å². The first kappa shape index (κ1) is 20.3. The SMILES string of the molecule is CN1/C(=C\c2ccc([N+](=O)[O-])cc2)C(=O)N/C1=N\C(=O)Nc1ccc(Cl)cc1Cl. The minimum atomic E-state index is -0.743. The van der Waals surface area contributed by atoms with E-state index in [2.05, 4.69) is 15.6 Å². The molecule has 1 aliphatic rings. The average molecular weight is 434 g/mol. The molecule has 0 saturated carbocycles. The Kier molecular flexibility index (Phi) is 5.81. The fraction of sp³-hybridized carbons (Fsp3) is 0.0556. The van der Waals surface area contributed by atoms with Crippen molar-refractivity contribution in [2.24, 2.45) is 4.99 Å². The van der Waals surface area contributed by atoms with Crippen LogP contribution in [0.1, 0.15) is 5.56 Å². The lowest BCUT2D eigenvalue weighted by molar-refractivity contribution is -0.384. The summed E-state index contributed by atoms with van der Waals surface area (Å²) in [5, 5.41) is 16.4. The molecule has 0 aliphatic carbocycles. The number of nitrogens with zero attached hydrogens (tertiary/aromatic N) is 3. The maximum absolute atomic E-state index is 12.2. The van der Waals surface area contributed by atoms with Gasteiger partial charge in [0, 0.05) is 24.2 Å². The number of urea groups is 1. The van der Waals surface area contributed by atoms with E-state index in [1.807, 2.05) is 0 Å². The molecule has 3 rings (SSSR count). The van der Waals surface area contributed by atoms with Crippen molar-refractivity contribution in [1.82, 2.24) is 10.2 Å². The number of nitrogens with one attached hydrogen (secondary N) is 2. The normalized spacial score (nSPS) is 16.2. The number of non-ortho nitro benzene ring substituents is 1. The summed E-state index contributed by atoms with van der Waals surface area (Å²) in [6, 6.07) is 9.50. The number of nitro benzene ring substituents is 1. The predicted octanol–water partition coefficient (Wildman–Crippen LogP) is 3.89. The monoisotopic (exact) mass is 433 g/mol. The summed E-state index contributed by atoms with van der Waals surface area (Å²) in [7, 11) is 1.55. The first-order chi connectivity index (χ1) is 13.7. The molecule has 0 bridgehead atoms. The quantitative estimate of drug-likeness (QED) is 0.432. The number of nitro groups is 1. The summed E-state index contributed by atoms with van der Waals surface area (Å²) in [5.74, 6) is -0.451. The van der Waals surface area contributed by atoms with Crippen LogP contribution in [0.5, 0.6) is 0 Å². The van der Waals surface area contributed by atoms with Gasteiger partial charge in [0.1, 0.15) is 5.70 Å². The third-order valence-electron chi connectivity index (χ3n) is 3.92. The number of hydrogen-bond donors (Lipinski definition) is 2. The van der Waals surface area contributed by atoms with Crippen LogP contribution >= 0.6 is 23.2 Å². The Morgan fingerprint density at radius 2 is 1.93 bits per heavy atom. The topological polar surface area (TPSA) is 117 Å². The van der Waals surface area contributed by atoms with Gasteiger partial charge in [0.2, 0.25) is 5.96 Å². The van der Waals surface area contributed by atoms with Gasteiger partial charge in [-0.2, -0.15) is 4.99 Å². The zero-order chi connectivity index (χ0) is 21.1. The summed E-state index contributed by atoms with van der Waals surface area (Å²) < 4.78 is 0. The lowest BCUT2D eigenvalue weighted by Crippen LogP contribution is -2.29. The second kappa shape index (κ2) is 8.29. The number of carbonyl (C=O) groups is 2. The molecule has 11 heteroatoms. The van der Waals surface area contributed by atoms with Crippen molar-refractivity contribution in [3.05, 3.63) is 73.9 Å². The van der Waals surface area contributed by atoms with Crippen LogP contribution in [0.2, 0.25) is 10.0 Å². The summed E-state index contributed by atoms with van der Waals surface area (Å²) >= 11 is 11.8. The Morgan fingerprint density at radius 3 is 2.55 bits per heavy atom. The smallest absolute Gasteiger partial charge is 0.310 e. The fourth-order valence-corrected chi connectivity index (χ4v) is 2.92. The van der Waals surface area contributed by atoms with Crippen molar-refractivity contribution in [2.75, 3.05) is 12.4 Å². The number of benzene rings is 2. The number of guanidine groups is 1. The maximum Gasteiger partial charge on any atom is 0.348 e. The van der Waals surface area contributed by atoms with Crippen molar-refractivity contribution in [3.63, 3.8) is 0 Å². The molecule has 0 spiro atoms. The predicted molar refractivity (Wildman–Crippen MR) is 110 cm³/mol. The van der Waals surface area contributed by atoms with E-state index in [1.54, 1.807) is 13.1 Å². The Labute approximate surface area is 174 Å². The van der Waals surface area contributed by atoms with E-state index in [-0.39, 0.29) is 22.4 Å². The number of hydrogen-bond acceptors (Lipinski definition) is 4. The van der Waals surface area contributed by atoms with Crippen molar-refractivity contribution < 1.29 is 14.5 Å². The van der Waals surface area contributed by atoms with E-state index in [0.29, 0.717) is 16.3 Å². The van der Waals surface area contributed by atoms with E-state index in [1.165, 1.54) is 47.4 Å². The molecule has 0 unspecified atom stereocenters. The summed E-state index contributed by atoms with van der Waals surface area (Å²) in [5.41, 5.74) is 1.05. The molecule has 1 saturated heterocycles. The number of rotatable bonds is 3. The largest absolute Gasteiger partial charge is 0.348 e. The van der Waals surface area contributed by atoms with Crippen LogP contribution in [0, 0.1) is 10.1 Å². The summed E-state index contributed by atoms with van der Waals surface area (Å²) in [4.78, 5) is 39.8. The minimum Gasteiger partial charge on any atom is -0.310 e. The molecular weight excluding hydrogens is 421 g/mol. The van der Waals surface area contributed by atoms with Gasteiger partial charge in [0.25, 0.3) is 11.6 Å². The van der Waals surface area contributed by atoms with Gasteiger partial charge in [-0.05, 0) is 42.0 Å². The van der Waals surface area contributed by atoms with Gasteiger partial charge < -0.3 is 10.2 Å². The van der Waals surface area contributed by atoms with Crippen LogP contribution in [-0.2, 0) is 4.79 Å². The molecule has 0 aromatic heterocycles. The standard InChI is InChI=1S/C18H13Cl2N5O4/c1-24-15(8-10-2-5-12(6-3-10)25(28)29)16(26)22-17(24)23-18(27)21-14-7-4-11(19)9-13(14)20/h2-9H,1H3,(H2,21,22,23,26,27)/b15-8-. The van der Waals surface area contributed by atoms with E-state index in [0.717, 1.165) is 0 Å². The van der Waals surface area contributed by atoms with E-state index >= 15 is 0 Å². The lowest BCUT2D eigenvalue weighted by Gasteiger charge is -2.11. The van der Waals surface area contributed by atoms with Gasteiger partial charge in [0.05, 0.1) is 15.6 Å². The zero-order valence-electron chi connectivity index (χ0n) is 14.8. The number of halogens is 2. The summed E-state index contributed by atoms with van der Waals surface area (Å²) in [6.07, 6.45) is 1.52. The maximum atomic E-state index is 12.2. The van der Waals surface area contributed by atoms with Crippen LogP contribution in [0.4, 0.5) is 16.2 Å². The van der Waals surface area contributed by atoms with Crippen molar-refractivity contribution in [2.45, 2.75) is 0 Å². The second-order valence-corrected chi connectivity index (χ2v) is 6.72. The molecule has 1 aliphatic heterocycles. The molecular formula is C18H13Cl2N5O4. The van der Waals surface area contributed by atoms with E-state index in [4.69, 9.17) is 23.2 Å². The summed E-state index contributed by atoms with van der Waals surface area (Å²) in [6.45, 7) is 0. The number of amides is 3. The Bertz CT molecular complexity index is 1070. The van der Waals surface area contributed by atoms with Gasteiger partial charge in [-0.15, -0.1) is 0 Å². The van der Waals surface area contributed by atoms with Crippen LogP contribution in [-0.4, -0.2) is 34.8 Å². The van der Waals surface area contributed by atoms with Crippen LogP contribution in [0.15, 0.2) is 53.2 Å². The third-order valence-corrected chi connectivity index (χ3v) is 4.47. The molecule has 0 atom stereocenters. The molecule has 3 amide bonds. The Morgan fingerprint density at radius 1 is 1.24 bits per heavy atom. The van der Waals surface area contributed by atoms with E-state index in [9.17, 15) is 19.7 Å². The molecule has 0 radical (unpaired) electrons. The van der Waals surface area contributed by atoms with Gasteiger partial charge in [-0.25, -0.2) is 4.79 Å². The van der Waals surface area contributed by atoms with Crippen LogP contribution in [0.3, 0.4) is 0 Å². The molecule has 29 heavy (non-hydrogen) atoms. The number of likely N-dealkylation sites (N-methyl/N-ethyl adjacent to an activating group) is 1. The highest BCUT2D eigenvalue weighted by molar-refractivity contribution is 6.36. The fourth-order valence-electron chi connectivity index (χ4n) is 2.46. The molecule has 1 heterocycles. The first-order valence-corrected chi connectivity index (χ1v) is 8.86.